The lowest BCUT2D eigenvalue weighted by molar-refractivity contribution is 0.133. The van der Waals surface area contributed by atoms with Gasteiger partial charge in [0.1, 0.15) is 11.9 Å². The van der Waals surface area contributed by atoms with Crippen LogP contribution in [0.3, 0.4) is 0 Å². The lowest BCUT2D eigenvalue weighted by Crippen LogP contribution is -2.26. The topological polar surface area (TPSA) is 49.7 Å². The van der Waals surface area contributed by atoms with Crippen molar-refractivity contribution >= 4 is 0 Å². The highest BCUT2D eigenvalue weighted by molar-refractivity contribution is 5.36. The molecule has 1 aliphatic rings. The smallest absolute Gasteiger partial charge is 0.132 e. The highest BCUT2D eigenvalue weighted by Crippen LogP contribution is 2.29. The Bertz CT molecular complexity index is 1200. The summed E-state index contributed by atoms with van der Waals surface area (Å²) < 4.78 is 5.25. The molecule has 0 bridgehead atoms. The van der Waals surface area contributed by atoms with Gasteiger partial charge in [0, 0.05) is 0 Å². The number of rotatable bonds is 21. The molecule has 0 aliphatic heterocycles. The van der Waals surface area contributed by atoms with Crippen LogP contribution in [0.2, 0.25) is 0 Å². The molecule has 0 aromatic carbocycles. The molecule has 0 aromatic rings. The average Bonchev–Trinajstić information content (AvgIpc) is 2.98. The number of methoxy groups -OCH3 is 1. The summed E-state index contributed by atoms with van der Waals surface area (Å²) in [6.07, 6.45) is 30.8. The molecule has 258 valence electrons. The fraction of sp³-hybridized carbons (Fsp3) is 0.581. The van der Waals surface area contributed by atoms with Gasteiger partial charge in [0.25, 0.3) is 0 Å². The summed E-state index contributed by atoms with van der Waals surface area (Å²) in [5, 5.41) is 20.8. The van der Waals surface area contributed by atoms with E-state index in [1.54, 1.807) is 6.08 Å². The van der Waals surface area contributed by atoms with Gasteiger partial charge in [0.15, 0.2) is 0 Å². The van der Waals surface area contributed by atoms with Gasteiger partial charge < -0.3 is 14.9 Å². The second-order valence-corrected chi connectivity index (χ2v) is 13.8. The Morgan fingerprint density at radius 3 is 1.22 bits per heavy atom. The van der Waals surface area contributed by atoms with Crippen molar-refractivity contribution in [1.29, 1.82) is 0 Å². The Labute approximate surface area is 284 Å². The summed E-state index contributed by atoms with van der Waals surface area (Å²) >= 11 is 0. The number of aliphatic hydroxyl groups is 2. The summed E-state index contributed by atoms with van der Waals surface area (Å²) in [5.74, 6) is 0.429. The van der Waals surface area contributed by atoms with E-state index in [1.807, 2.05) is 6.92 Å². The van der Waals surface area contributed by atoms with E-state index in [2.05, 4.69) is 97.9 Å². The minimum atomic E-state index is -0.775. The maximum Gasteiger partial charge on any atom is 0.132 e. The van der Waals surface area contributed by atoms with Crippen molar-refractivity contribution in [3.8, 4) is 0 Å². The van der Waals surface area contributed by atoms with Gasteiger partial charge in [-0.25, -0.2) is 0 Å². The van der Waals surface area contributed by atoms with E-state index in [-0.39, 0.29) is 0 Å². The Balaban J connectivity index is 2.32. The molecule has 0 spiro atoms. The normalized spacial score (nSPS) is 19.1. The summed E-state index contributed by atoms with van der Waals surface area (Å²) in [6, 6.07) is 0. The van der Waals surface area contributed by atoms with Gasteiger partial charge in [0.05, 0.1) is 13.2 Å². The van der Waals surface area contributed by atoms with Crippen LogP contribution in [-0.2, 0) is 4.74 Å². The predicted molar refractivity (Wildman–Crippen MR) is 202 cm³/mol. The second kappa shape index (κ2) is 23.7. The first-order valence-electron chi connectivity index (χ1n) is 17.7. The van der Waals surface area contributed by atoms with Crippen molar-refractivity contribution in [3.05, 3.63) is 105 Å². The highest BCUT2D eigenvalue weighted by atomic mass is 16.5. The molecule has 1 rings (SSSR count). The molecule has 0 heterocycles. The average molecular weight is 633 g/mol. The number of aliphatic hydroxyl groups excluding tert-OH is 2. The fourth-order valence-electron chi connectivity index (χ4n) is 5.62. The van der Waals surface area contributed by atoms with Crippen LogP contribution in [0.5, 0.6) is 0 Å². The molecule has 3 heteroatoms. The zero-order valence-corrected chi connectivity index (χ0v) is 31.3. The first-order valence-corrected chi connectivity index (χ1v) is 17.7. The zero-order chi connectivity index (χ0) is 34.5. The lowest BCUT2D eigenvalue weighted by Gasteiger charge is -2.26. The standard InChI is InChI=1S/C43H68O3/c1-32(2)17-11-18-33(3)19-12-20-34(4)21-13-22-35(5)23-14-24-36(6)25-15-26-37(7)27-16-28-38(8)29-30-40-39(9)41(44)31-42(46-10)43(40)45/h17,19,21,23,25,27,29,31,41,43-45H,11-16,18,20,22,24,26,28,30H2,1-10H3. The van der Waals surface area contributed by atoms with E-state index >= 15 is 0 Å². The minimum Gasteiger partial charge on any atom is -0.498 e. The molecule has 0 saturated heterocycles. The van der Waals surface area contributed by atoms with Crippen molar-refractivity contribution in [2.45, 2.75) is 158 Å². The molecule has 0 fully saturated rings. The molecule has 46 heavy (non-hydrogen) atoms. The molecular formula is C43H68O3. The van der Waals surface area contributed by atoms with E-state index < -0.39 is 12.2 Å². The molecule has 0 amide bonds. The predicted octanol–water partition coefficient (Wildman–Crippen LogP) is 12.3. The second-order valence-electron chi connectivity index (χ2n) is 13.8. The van der Waals surface area contributed by atoms with Crippen LogP contribution in [0.4, 0.5) is 0 Å². The van der Waals surface area contributed by atoms with Crippen molar-refractivity contribution in [2.75, 3.05) is 7.11 Å². The van der Waals surface area contributed by atoms with Crippen LogP contribution in [0.25, 0.3) is 0 Å². The molecule has 1 aliphatic carbocycles. The number of allylic oxidation sites excluding steroid dienone is 14. The summed E-state index contributed by atoms with van der Waals surface area (Å²) in [5.41, 5.74) is 11.8. The van der Waals surface area contributed by atoms with E-state index in [0.717, 1.165) is 75.4 Å². The fourth-order valence-corrected chi connectivity index (χ4v) is 5.62. The zero-order valence-electron chi connectivity index (χ0n) is 31.3. The third-order valence-electron chi connectivity index (χ3n) is 9.03. The maximum absolute atomic E-state index is 10.6. The molecule has 2 atom stereocenters. The van der Waals surface area contributed by atoms with Gasteiger partial charge in [-0.2, -0.15) is 0 Å². The van der Waals surface area contributed by atoms with Crippen molar-refractivity contribution < 1.29 is 14.9 Å². The number of ether oxygens (including phenoxy) is 1. The van der Waals surface area contributed by atoms with Gasteiger partial charge >= 0.3 is 0 Å². The van der Waals surface area contributed by atoms with Crippen molar-refractivity contribution in [3.63, 3.8) is 0 Å². The number of hydrogen-bond acceptors (Lipinski definition) is 3. The first-order chi connectivity index (χ1) is 21.8. The van der Waals surface area contributed by atoms with E-state index in [0.29, 0.717) is 12.2 Å². The quantitative estimate of drug-likeness (QED) is 0.124. The molecular weight excluding hydrogens is 564 g/mol. The van der Waals surface area contributed by atoms with Gasteiger partial charge in [-0.05, 0) is 163 Å². The van der Waals surface area contributed by atoms with Crippen LogP contribution in [0, 0.1) is 0 Å². The molecule has 0 aromatic heterocycles. The Hall–Kier alpha value is -2.62. The summed E-state index contributed by atoms with van der Waals surface area (Å²) in [6.45, 7) is 19.7. The summed E-state index contributed by atoms with van der Waals surface area (Å²) in [7, 11) is 1.53. The monoisotopic (exact) mass is 633 g/mol. The highest BCUT2D eigenvalue weighted by Gasteiger charge is 2.26. The van der Waals surface area contributed by atoms with Crippen LogP contribution >= 0.6 is 0 Å². The maximum atomic E-state index is 10.6. The van der Waals surface area contributed by atoms with Crippen molar-refractivity contribution in [1.82, 2.24) is 0 Å². The van der Waals surface area contributed by atoms with Gasteiger partial charge in [-0.15, -0.1) is 0 Å². The molecule has 2 N–H and O–H groups in total. The van der Waals surface area contributed by atoms with Crippen LogP contribution < -0.4 is 0 Å². The summed E-state index contributed by atoms with van der Waals surface area (Å²) in [4.78, 5) is 0. The molecule has 0 radical (unpaired) electrons. The minimum absolute atomic E-state index is 0.429. The lowest BCUT2D eigenvalue weighted by atomic mass is 9.89. The van der Waals surface area contributed by atoms with E-state index in [4.69, 9.17) is 4.74 Å². The number of hydrogen-bond donors (Lipinski definition) is 2. The molecule has 2 unspecified atom stereocenters. The Morgan fingerprint density at radius 2 is 0.891 bits per heavy atom. The third kappa shape index (κ3) is 18.5. The Kier molecular flexibility index (Phi) is 21.3. The molecule has 3 nitrogen and oxygen atoms in total. The van der Waals surface area contributed by atoms with Gasteiger partial charge in [-0.1, -0.05) is 81.5 Å². The first kappa shape index (κ1) is 41.4. The van der Waals surface area contributed by atoms with Gasteiger partial charge in [0.2, 0.25) is 0 Å². The van der Waals surface area contributed by atoms with Crippen LogP contribution in [-0.4, -0.2) is 29.5 Å². The van der Waals surface area contributed by atoms with Crippen molar-refractivity contribution in [2.24, 2.45) is 0 Å². The van der Waals surface area contributed by atoms with Crippen LogP contribution in [0.15, 0.2) is 105 Å². The van der Waals surface area contributed by atoms with Crippen LogP contribution in [0.1, 0.15) is 146 Å². The Morgan fingerprint density at radius 1 is 0.565 bits per heavy atom. The molecule has 0 saturated carbocycles. The van der Waals surface area contributed by atoms with E-state index in [9.17, 15) is 10.2 Å². The third-order valence-corrected chi connectivity index (χ3v) is 9.03. The van der Waals surface area contributed by atoms with Gasteiger partial charge in [-0.3, -0.25) is 0 Å². The largest absolute Gasteiger partial charge is 0.498 e. The SMILES string of the molecule is COC1=CC(O)C(C)=C(CC=C(C)CCC=C(C)CCC=C(C)CCC=C(C)CCC=C(C)CCC=C(C)CCC=C(C)C)C1O. The van der Waals surface area contributed by atoms with E-state index in [1.165, 1.54) is 59.0 Å².